The van der Waals surface area contributed by atoms with Crippen LogP contribution in [0.15, 0.2) is 42.5 Å². The first-order valence-corrected chi connectivity index (χ1v) is 5.51. The lowest BCUT2D eigenvalue weighted by atomic mass is 10.3. The third kappa shape index (κ3) is 2.87. The molecule has 3 N–H and O–H groups in total. The molecule has 2 rings (SSSR count). The molecule has 0 saturated carbocycles. The molecule has 0 aliphatic carbocycles. The number of anilines is 3. The Morgan fingerprint density at radius 3 is 2.76 bits per heavy atom. The Morgan fingerprint density at radius 2 is 2.00 bits per heavy atom. The van der Waals surface area contributed by atoms with Crippen molar-refractivity contribution in [3.05, 3.63) is 42.5 Å². The fourth-order valence-electron chi connectivity index (χ4n) is 1.51. The van der Waals surface area contributed by atoms with Crippen molar-refractivity contribution >= 4 is 17.3 Å². The molecule has 1 aromatic carbocycles. The Bertz CT molecular complexity index is 500. The Balaban J connectivity index is 2.23. The largest absolute Gasteiger partial charge is 0.492 e. The minimum absolute atomic E-state index is 0.490. The van der Waals surface area contributed by atoms with Crippen LogP contribution in [-0.4, -0.2) is 11.6 Å². The monoisotopic (exact) mass is 229 g/mol. The molecule has 0 unspecified atom stereocenters. The molecular weight excluding hydrogens is 214 g/mol. The molecule has 0 fully saturated rings. The van der Waals surface area contributed by atoms with Gasteiger partial charge in [-0.2, -0.15) is 0 Å². The van der Waals surface area contributed by atoms with Crippen molar-refractivity contribution in [1.82, 2.24) is 4.98 Å². The van der Waals surface area contributed by atoms with Gasteiger partial charge in [0.05, 0.1) is 12.3 Å². The van der Waals surface area contributed by atoms with Crippen LogP contribution >= 0.6 is 0 Å². The number of ether oxygens (including phenoxy) is 1. The number of aromatic nitrogens is 1. The van der Waals surface area contributed by atoms with Gasteiger partial charge in [0.1, 0.15) is 17.4 Å². The fourth-order valence-corrected chi connectivity index (χ4v) is 1.51. The summed E-state index contributed by atoms with van der Waals surface area (Å²) < 4.78 is 5.52. The molecule has 4 nitrogen and oxygen atoms in total. The number of nitrogens with zero attached hydrogens (tertiary/aromatic N) is 1. The molecule has 88 valence electrons. The van der Waals surface area contributed by atoms with Crippen molar-refractivity contribution in [2.24, 2.45) is 0 Å². The van der Waals surface area contributed by atoms with Crippen LogP contribution < -0.4 is 15.8 Å². The minimum atomic E-state index is 0.490. The first-order chi connectivity index (χ1) is 8.29. The summed E-state index contributed by atoms with van der Waals surface area (Å²) in [5.74, 6) is 2.00. The first-order valence-electron chi connectivity index (χ1n) is 5.51. The average Bonchev–Trinajstić information content (AvgIpc) is 2.32. The topological polar surface area (TPSA) is 60.2 Å². The second-order valence-electron chi connectivity index (χ2n) is 3.50. The molecule has 1 aromatic heterocycles. The quantitative estimate of drug-likeness (QED) is 0.846. The lowest BCUT2D eigenvalue weighted by Crippen LogP contribution is -2.00. The predicted molar refractivity (Wildman–Crippen MR) is 69.5 cm³/mol. The Labute approximate surface area is 100 Å². The van der Waals surface area contributed by atoms with Crippen molar-refractivity contribution < 1.29 is 4.74 Å². The van der Waals surface area contributed by atoms with Gasteiger partial charge in [-0.15, -0.1) is 0 Å². The maximum Gasteiger partial charge on any atom is 0.142 e. The zero-order valence-corrected chi connectivity index (χ0v) is 9.68. The Kier molecular flexibility index (Phi) is 3.45. The summed E-state index contributed by atoms with van der Waals surface area (Å²) in [6.45, 7) is 2.58. The van der Waals surface area contributed by atoms with Gasteiger partial charge in [-0.1, -0.05) is 18.2 Å². The molecule has 0 aliphatic rings. The summed E-state index contributed by atoms with van der Waals surface area (Å²) in [6, 6.07) is 13.2. The van der Waals surface area contributed by atoms with Crippen LogP contribution in [0.5, 0.6) is 5.75 Å². The number of para-hydroxylation sites is 2. The van der Waals surface area contributed by atoms with Crippen LogP contribution in [0.25, 0.3) is 0 Å². The summed E-state index contributed by atoms with van der Waals surface area (Å²) in [6.07, 6.45) is 0. The van der Waals surface area contributed by atoms with E-state index in [0.29, 0.717) is 18.2 Å². The van der Waals surface area contributed by atoms with E-state index in [1.54, 1.807) is 6.07 Å². The smallest absolute Gasteiger partial charge is 0.142 e. The normalized spacial score (nSPS) is 9.94. The zero-order chi connectivity index (χ0) is 12.1. The molecule has 1 heterocycles. The summed E-state index contributed by atoms with van der Waals surface area (Å²) in [5.41, 5.74) is 6.51. The van der Waals surface area contributed by atoms with E-state index in [4.69, 9.17) is 10.5 Å². The molecule has 0 amide bonds. The number of nitrogens with two attached hydrogens (primary N) is 1. The third-order valence-corrected chi connectivity index (χ3v) is 2.22. The summed E-state index contributed by atoms with van der Waals surface area (Å²) >= 11 is 0. The predicted octanol–water partition coefficient (Wildman–Crippen LogP) is 2.81. The molecule has 0 saturated heterocycles. The van der Waals surface area contributed by atoms with Crippen LogP contribution in [-0.2, 0) is 0 Å². The van der Waals surface area contributed by atoms with E-state index in [0.717, 1.165) is 11.4 Å². The number of nitrogens with one attached hydrogen (secondary N) is 1. The van der Waals surface area contributed by atoms with Crippen LogP contribution in [0.3, 0.4) is 0 Å². The van der Waals surface area contributed by atoms with Crippen LogP contribution in [0.1, 0.15) is 6.92 Å². The lowest BCUT2D eigenvalue weighted by molar-refractivity contribution is 0.342. The van der Waals surface area contributed by atoms with Gasteiger partial charge >= 0.3 is 0 Å². The third-order valence-electron chi connectivity index (χ3n) is 2.22. The summed E-state index contributed by atoms with van der Waals surface area (Å²) in [7, 11) is 0. The standard InChI is InChI=1S/C13H15N3O/c1-2-17-11-7-4-3-6-10(11)15-13-9-5-8-12(14)16-13/h3-9H,2H2,1H3,(H3,14,15,16). The first kappa shape index (κ1) is 11.3. The molecule has 17 heavy (non-hydrogen) atoms. The number of nitrogen functional groups attached to an aromatic ring is 1. The maximum absolute atomic E-state index is 5.63. The van der Waals surface area contributed by atoms with E-state index in [9.17, 15) is 0 Å². The maximum atomic E-state index is 5.63. The van der Waals surface area contributed by atoms with Crippen LogP contribution in [0, 0.1) is 0 Å². The Hall–Kier alpha value is -2.23. The minimum Gasteiger partial charge on any atom is -0.492 e. The zero-order valence-electron chi connectivity index (χ0n) is 9.68. The highest BCUT2D eigenvalue weighted by atomic mass is 16.5. The average molecular weight is 229 g/mol. The molecule has 0 atom stereocenters. The van der Waals surface area contributed by atoms with E-state index >= 15 is 0 Å². The van der Waals surface area contributed by atoms with E-state index in [1.807, 2.05) is 43.3 Å². The highest BCUT2D eigenvalue weighted by Gasteiger charge is 2.03. The lowest BCUT2D eigenvalue weighted by Gasteiger charge is -2.11. The van der Waals surface area contributed by atoms with Gasteiger partial charge in [0.25, 0.3) is 0 Å². The van der Waals surface area contributed by atoms with Gasteiger partial charge < -0.3 is 15.8 Å². The van der Waals surface area contributed by atoms with Crippen molar-refractivity contribution in [2.75, 3.05) is 17.7 Å². The highest BCUT2D eigenvalue weighted by molar-refractivity contribution is 5.64. The van der Waals surface area contributed by atoms with Crippen LogP contribution in [0.4, 0.5) is 17.3 Å². The van der Waals surface area contributed by atoms with Crippen LogP contribution in [0.2, 0.25) is 0 Å². The summed E-state index contributed by atoms with van der Waals surface area (Å²) in [5, 5.41) is 3.18. The molecular formula is C13H15N3O. The van der Waals surface area contributed by atoms with Crippen molar-refractivity contribution in [2.45, 2.75) is 6.92 Å². The second kappa shape index (κ2) is 5.21. The van der Waals surface area contributed by atoms with Gasteiger partial charge in [-0.3, -0.25) is 0 Å². The molecule has 0 aliphatic heterocycles. The van der Waals surface area contributed by atoms with Gasteiger partial charge in [0.15, 0.2) is 0 Å². The van der Waals surface area contributed by atoms with Crippen molar-refractivity contribution in [3.8, 4) is 5.75 Å². The van der Waals surface area contributed by atoms with Gasteiger partial charge in [0.2, 0.25) is 0 Å². The van der Waals surface area contributed by atoms with Gasteiger partial charge in [-0.05, 0) is 31.2 Å². The van der Waals surface area contributed by atoms with Gasteiger partial charge in [0, 0.05) is 0 Å². The van der Waals surface area contributed by atoms with E-state index in [1.165, 1.54) is 0 Å². The Morgan fingerprint density at radius 1 is 1.18 bits per heavy atom. The second-order valence-corrected chi connectivity index (χ2v) is 3.50. The molecule has 0 radical (unpaired) electrons. The number of pyridine rings is 1. The number of benzene rings is 1. The molecule has 0 bridgehead atoms. The number of hydrogen-bond donors (Lipinski definition) is 2. The SMILES string of the molecule is CCOc1ccccc1Nc1cccc(N)n1. The van der Waals surface area contributed by atoms with E-state index in [2.05, 4.69) is 10.3 Å². The van der Waals surface area contributed by atoms with Crippen molar-refractivity contribution in [1.29, 1.82) is 0 Å². The number of rotatable bonds is 4. The van der Waals surface area contributed by atoms with E-state index < -0.39 is 0 Å². The van der Waals surface area contributed by atoms with Gasteiger partial charge in [-0.25, -0.2) is 4.98 Å². The summed E-state index contributed by atoms with van der Waals surface area (Å²) in [4.78, 5) is 4.18. The molecule has 0 spiro atoms. The highest BCUT2D eigenvalue weighted by Crippen LogP contribution is 2.26. The van der Waals surface area contributed by atoms with E-state index in [-0.39, 0.29) is 0 Å². The fraction of sp³-hybridized carbons (Fsp3) is 0.154. The van der Waals surface area contributed by atoms with Crippen molar-refractivity contribution in [3.63, 3.8) is 0 Å². The molecule has 2 aromatic rings. The number of hydrogen-bond acceptors (Lipinski definition) is 4. The molecule has 4 heteroatoms.